The maximum atomic E-state index is 13.9. The normalized spacial score (nSPS) is 11.6. The maximum Gasteiger partial charge on any atom is 0.314 e. The summed E-state index contributed by atoms with van der Waals surface area (Å²) in [4.78, 5) is 0. The van der Waals surface area contributed by atoms with Gasteiger partial charge in [0.15, 0.2) is 6.29 Å². The highest BCUT2D eigenvalue weighted by Gasteiger charge is 2.23. The molecule has 0 spiro atoms. The Morgan fingerprint density at radius 2 is 1.62 bits per heavy atom. The van der Waals surface area contributed by atoms with E-state index in [0.717, 1.165) is 12.1 Å². The summed E-state index contributed by atoms with van der Waals surface area (Å²) < 4.78 is 66.8. The molecule has 21 heavy (non-hydrogen) atoms. The minimum Gasteiger partial charge on any atom is -0.415 e. The van der Waals surface area contributed by atoms with Gasteiger partial charge in [0, 0.05) is 19.8 Å². The van der Waals surface area contributed by atoms with Crippen molar-refractivity contribution in [3.63, 3.8) is 0 Å². The smallest absolute Gasteiger partial charge is 0.314 e. The van der Waals surface area contributed by atoms with Crippen LogP contribution in [-0.4, -0.2) is 24.4 Å². The lowest BCUT2D eigenvalue weighted by Crippen LogP contribution is -2.09. The predicted molar refractivity (Wildman–Crippen MR) is 61.4 cm³/mol. The molecule has 0 fully saturated rings. The summed E-state index contributed by atoms with van der Waals surface area (Å²) in [6, 6.07) is 1.73. The van der Waals surface area contributed by atoms with Crippen LogP contribution in [0.1, 0.15) is 24.2 Å². The zero-order chi connectivity index (χ0) is 15.6. The van der Waals surface area contributed by atoms with Crippen LogP contribution in [0.5, 0.6) is 0 Å². The molecule has 0 N–H and O–H groups in total. The van der Waals surface area contributed by atoms with Crippen molar-refractivity contribution in [2.24, 2.45) is 0 Å². The molecule has 1 heterocycles. The van der Waals surface area contributed by atoms with E-state index in [1.165, 1.54) is 14.2 Å². The van der Waals surface area contributed by atoms with Crippen LogP contribution in [-0.2, 0) is 9.47 Å². The van der Waals surface area contributed by atoms with Crippen molar-refractivity contribution in [3.05, 3.63) is 35.2 Å². The molecule has 0 unspecified atom stereocenters. The number of halogens is 4. The molecular formula is C12H10F4N2O3. The number of rotatable bonds is 5. The van der Waals surface area contributed by atoms with Gasteiger partial charge in [0.2, 0.25) is 5.89 Å². The average Bonchev–Trinajstić information content (AvgIpc) is 2.92. The molecule has 0 saturated heterocycles. The molecule has 0 bridgehead atoms. The summed E-state index contributed by atoms with van der Waals surface area (Å²) in [5.74, 6) is -3.33. The van der Waals surface area contributed by atoms with Crippen molar-refractivity contribution in [2.75, 3.05) is 14.2 Å². The highest BCUT2D eigenvalue weighted by molar-refractivity contribution is 5.54. The Morgan fingerprint density at radius 1 is 1.05 bits per heavy atom. The zero-order valence-corrected chi connectivity index (χ0v) is 10.9. The van der Waals surface area contributed by atoms with Gasteiger partial charge in [-0.25, -0.2) is 8.78 Å². The third kappa shape index (κ3) is 3.03. The Kier molecular flexibility index (Phi) is 4.53. The van der Waals surface area contributed by atoms with Gasteiger partial charge >= 0.3 is 6.43 Å². The van der Waals surface area contributed by atoms with Gasteiger partial charge in [-0.15, -0.1) is 10.2 Å². The summed E-state index contributed by atoms with van der Waals surface area (Å²) in [6.45, 7) is 0. The van der Waals surface area contributed by atoms with Gasteiger partial charge in [-0.1, -0.05) is 0 Å². The number of hydrogen-bond acceptors (Lipinski definition) is 5. The van der Waals surface area contributed by atoms with Crippen LogP contribution in [0, 0.1) is 11.6 Å². The lowest BCUT2D eigenvalue weighted by molar-refractivity contribution is -0.109. The van der Waals surface area contributed by atoms with E-state index in [0.29, 0.717) is 0 Å². The van der Waals surface area contributed by atoms with E-state index in [1.54, 1.807) is 0 Å². The second-order valence-corrected chi connectivity index (χ2v) is 3.90. The first-order chi connectivity index (χ1) is 9.97. The fraction of sp³-hybridized carbons (Fsp3) is 0.333. The van der Waals surface area contributed by atoms with Crippen LogP contribution in [0.4, 0.5) is 17.6 Å². The molecule has 1 aromatic carbocycles. The SMILES string of the molecule is COC(OC)c1c(F)cc(-c2nnc(C(F)F)o2)cc1F. The van der Waals surface area contributed by atoms with Crippen LogP contribution in [0.15, 0.2) is 16.5 Å². The number of hydrogen-bond donors (Lipinski definition) is 0. The number of methoxy groups -OCH3 is 2. The molecule has 0 radical (unpaired) electrons. The van der Waals surface area contributed by atoms with E-state index in [1.807, 2.05) is 0 Å². The third-order valence-electron chi connectivity index (χ3n) is 2.62. The summed E-state index contributed by atoms with van der Waals surface area (Å²) in [5, 5.41) is 6.39. The zero-order valence-electron chi connectivity index (χ0n) is 10.9. The molecule has 2 aromatic rings. The Bertz CT molecular complexity index is 606. The quantitative estimate of drug-likeness (QED) is 0.627. The molecule has 9 heteroatoms. The molecule has 0 aliphatic carbocycles. The van der Waals surface area contributed by atoms with Crippen molar-refractivity contribution in [3.8, 4) is 11.5 Å². The van der Waals surface area contributed by atoms with Crippen molar-refractivity contribution in [2.45, 2.75) is 12.7 Å². The first kappa shape index (κ1) is 15.4. The van der Waals surface area contributed by atoms with Crippen LogP contribution in [0.2, 0.25) is 0 Å². The molecular weight excluding hydrogens is 296 g/mol. The van der Waals surface area contributed by atoms with Gasteiger partial charge in [0.05, 0.1) is 5.56 Å². The molecule has 0 atom stereocenters. The van der Waals surface area contributed by atoms with Gasteiger partial charge in [-0.2, -0.15) is 8.78 Å². The highest BCUT2D eigenvalue weighted by Crippen LogP contribution is 2.30. The molecule has 0 saturated carbocycles. The standard InChI is InChI=1S/C12H10F4N2O3/c1-19-12(20-2)8-6(13)3-5(4-7(8)14)10-17-18-11(21-10)9(15)16/h3-4,9,12H,1-2H3. The molecule has 0 amide bonds. The Morgan fingerprint density at radius 3 is 2.05 bits per heavy atom. The summed E-state index contributed by atoms with van der Waals surface area (Å²) in [5.41, 5.74) is -0.614. The number of alkyl halides is 2. The first-order valence-electron chi connectivity index (χ1n) is 5.64. The molecule has 0 aliphatic rings. The largest absolute Gasteiger partial charge is 0.415 e. The third-order valence-corrected chi connectivity index (χ3v) is 2.62. The monoisotopic (exact) mass is 306 g/mol. The summed E-state index contributed by atoms with van der Waals surface area (Å²) in [7, 11) is 2.43. The van der Waals surface area contributed by atoms with Crippen molar-refractivity contribution >= 4 is 0 Å². The van der Waals surface area contributed by atoms with E-state index < -0.39 is 41.7 Å². The van der Waals surface area contributed by atoms with Gasteiger partial charge in [-0.05, 0) is 12.1 Å². The fourth-order valence-electron chi connectivity index (χ4n) is 1.70. The highest BCUT2D eigenvalue weighted by atomic mass is 19.3. The van der Waals surface area contributed by atoms with Crippen molar-refractivity contribution in [1.82, 2.24) is 10.2 Å². The minimum absolute atomic E-state index is 0.167. The maximum absolute atomic E-state index is 13.9. The van der Waals surface area contributed by atoms with Crippen molar-refractivity contribution < 1.29 is 31.5 Å². The van der Waals surface area contributed by atoms with Crippen LogP contribution >= 0.6 is 0 Å². The molecule has 114 valence electrons. The van der Waals surface area contributed by atoms with Crippen LogP contribution in [0.3, 0.4) is 0 Å². The Labute approximate surface area is 116 Å². The van der Waals surface area contributed by atoms with E-state index >= 15 is 0 Å². The summed E-state index contributed by atoms with van der Waals surface area (Å²) in [6.07, 6.45) is -4.20. The van der Waals surface area contributed by atoms with Crippen molar-refractivity contribution in [1.29, 1.82) is 0 Å². The lowest BCUT2D eigenvalue weighted by atomic mass is 10.1. The van der Waals surface area contributed by atoms with E-state index in [2.05, 4.69) is 14.6 Å². The number of nitrogens with zero attached hydrogens (tertiary/aromatic N) is 2. The minimum atomic E-state index is -2.97. The molecule has 5 nitrogen and oxygen atoms in total. The molecule has 2 rings (SSSR count). The van der Waals surface area contributed by atoms with Gasteiger partial charge in [-0.3, -0.25) is 0 Å². The molecule has 1 aromatic heterocycles. The van der Waals surface area contributed by atoms with E-state index in [-0.39, 0.29) is 5.56 Å². The number of aromatic nitrogens is 2. The van der Waals surface area contributed by atoms with Gasteiger partial charge in [0.1, 0.15) is 11.6 Å². The second kappa shape index (κ2) is 6.19. The van der Waals surface area contributed by atoms with E-state index in [4.69, 9.17) is 9.47 Å². The Hall–Kier alpha value is -2.00. The fourth-order valence-corrected chi connectivity index (χ4v) is 1.70. The van der Waals surface area contributed by atoms with Crippen LogP contribution in [0.25, 0.3) is 11.5 Å². The van der Waals surface area contributed by atoms with Gasteiger partial charge in [0.25, 0.3) is 5.89 Å². The molecule has 0 aliphatic heterocycles. The average molecular weight is 306 g/mol. The second-order valence-electron chi connectivity index (χ2n) is 3.90. The summed E-state index contributed by atoms with van der Waals surface area (Å²) >= 11 is 0. The number of ether oxygens (including phenoxy) is 2. The predicted octanol–water partition coefficient (Wildman–Crippen LogP) is 3.24. The number of benzene rings is 1. The lowest BCUT2D eigenvalue weighted by Gasteiger charge is -2.15. The first-order valence-corrected chi connectivity index (χ1v) is 5.64. The topological polar surface area (TPSA) is 57.4 Å². The van der Waals surface area contributed by atoms with E-state index in [9.17, 15) is 17.6 Å². The Balaban J connectivity index is 2.43. The van der Waals surface area contributed by atoms with Crippen LogP contribution < -0.4 is 0 Å². The van der Waals surface area contributed by atoms with Gasteiger partial charge < -0.3 is 13.9 Å².